The van der Waals surface area contributed by atoms with E-state index in [4.69, 9.17) is 5.73 Å². The summed E-state index contributed by atoms with van der Waals surface area (Å²) in [7, 11) is 0. The fraction of sp³-hybridized carbons (Fsp3) is 0.278. The van der Waals surface area contributed by atoms with Crippen LogP contribution in [-0.4, -0.2) is 37.6 Å². The number of anilines is 2. The van der Waals surface area contributed by atoms with Crippen molar-refractivity contribution in [3.05, 3.63) is 54.6 Å². The van der Waals surface area contributed by atoms with Gasteiger partial charge in [-0.25, -0.2) is 23.7 Å². The number of hydrogen-bond donors (Lipinski definition) is 2. The maximum Gasteiger partial charge on any atom is 0.222 e. The van der Waals surface area contributed by atoms with Gasteiger partial charge in [0.25, 0.3) is 0 Å². The summed E-state index contributed by atoms with van der Waals surface area (Å²) in [5.41, 5.74) is 6.43. The van der Waals surface area contributed by atoms with Gasteiger partial charge in [-0.3, -0.25) is 9.97 Å². The van der Waals surface area contributed by atoms with Crippen LogP contribution in [0, 0.1) is 5.82 Å². The molecule has 0 radical (unpaired) electrons. The molecule has 0 aliphatic heterocycles. The average Bonchev–Trinajstić information content (AvgIpc) is 2.65. The maximum absolute atomic E-state index is 14.2. The minimum atomic E-state index is -0.960. The van der Waals surface area contributed by atoms with E-state index in [0.717, 1.165) is 0 Å². The van der Waals surface area contributed by atoms with Crippen LogP contribution in [0.4, 0.5) is 20.5 Å². The first-order valence-corrected chi connectivity index (χ1v) is 8.45. The van der Waals surface area contributed by atoms with Crippen molar-refractivity contribution in [1.82, 2.24) is 24.9 Å². The van der Waals surface area contributed by atoms with Gasteiger partial charge in [-0.1, -0.05) is 0 Å². The monoisotopic (exact) mass is 369 g/mol. The molecule has 0 unspecified atom stereocenters. The summed E-state index contributed by atoms with van der Waals surface area (Å²) < 4.78 is 27.8. The normalized spacial score (nSPS) is 21.5. The number of rotatable bonds is 5. The summed E-state index contributed by atoms with van der Waals surface area (Å²) in [6, 6.07) is 2.86. The van der Waals surface area contributed by atoms with Gasteiger partial charge < -0.3 is 11.1 Å². The summed E-state index contributed by atoms with van der Waals surface area (Å²) in [6.07, 6.45) is 7.18. The summed E-state index contributed by atoms with van der Waals surface area (Å²) in [5.74, 6) is 0.233. The van der Waals surface area contributed by atoms with Gasteiger partial charge in [-0.2, -0.15) is 0 Å². The zero-order valence-electron chi connectivity index (χ0n) is 14.3. The molecule has 0 saturated heterocycles. The van der Waals surface area contributed by atoms with E-state index in [-0.39, 0.29) is 18.5 Å². The van der Waals surface area contributed by atoms with E-state index in [1.165, 1.54) is 24.5 Å². The second kappa shape index (κ2) is 6.82. The minimum absolute atomic E-state index is 0.213. The number of aromatic nitrogens is 5. The molecule has 27 heavy (non-hydrogen) atoms. The van der Waals surface area contributed by atoms with Crippen molar-refractivity contribution < 1.29 is 8.78 Å². The highest BCUT2D eigenvalue weighted by Gasteiger charge is 2.48. The third-order valence-electron chi connectivity index (χ3n) is 4.67. The Labute approximate surface area is 154 Å². The van der Waals surface area contributed by atoms with Crippen LogP contribution < -0.4 is 11.1 Å². The minimum Gasteiger partial charge on any atom is -0.382 e. The lowest BCUT2D eigenvalue weighted by Gasteiger charge is -2.43. The average molecular weight is 369 g/mol. The maximum atomic E-state index is 14.2. The lowest BCUT2D eigenvalue weighted by Crippen LogP contribution is -2.49. The van der Waals surface area contributed by atoms with Crippen LogP contribution in [0.5, 0.6) is 0 Å². The van der Waals surface area contributed by atoms with Crippen molar-refractivity contribution in [3.8, 4) is 11.3 Å². The van der Waals surface area contributed by atoms with Crippen LogP contribution in [0.2, 0.25) is 0 Å². The molecule has 9 heteroatoms. The Kier molecular flexibility index (Phi) is 4.35. The summed E-state index contributed by atoms with van der Waals surface area (Å²) in [5, 5.41) is 3.07. The van der Waals surface area contributed by atoms with E-state index in [1.54, 1.807) is 18.6 Å². The molecular weight excluding hydrogens is 352 g/mol. The number of nitrogens with one attached hydrogen (secondary N) is 1. The Morgan fingerprint density at radius 3 is 2.59 bits per heavy atom. The molecule has 0 aromatic carbocycles. The van der Waals surface area contributed by atoms with Crippen LogP contribution in [0.1, 0.15) is 18.5 Å². The van der Waals surface area contributed by atoms with Gasteiger partial charge in [0.2, 0.25) is 5.95 Å². The Hall–Kier alpha value is -3.23. The molecule has 3 N–H and O–H groups in total. The highest BCUT2D eigenvalue weighted by molar-refractivity contribution is 5.57. The van der Waals surface area contributed by atoms with Crippen LogP contribution in [-0.2, 0) is 5.41 Å². The first kappa shape index (κ1) is 17.2. The van der Waals surface area contributed by atoms with Gasteiger partial charge in [0.05, 0.1) is 23.8 Å². The van der Waals surface area contributed by atoms with Gasteiger partial charge in [0.1, 0.15) is 17.8 Å². The topological polar surface area (TPSA) is 102 Å². The molecule has 0 atom stereocenters. The SMILES string of the molecule is Nc1cncc(-c2cnc(NC[C@]3(c4ncccc4F)C[C@H](F)C3)nc2)n1. The quantitative estimate of drug-likeness (QED) is 0.712. The number of nitrogens with two attached hydrogens (primary N) is 1. The Balaban J connectivity index is 1.50. The van der Waals surface area contributed by atoms with E-state index in [0.29, 0.717) is 29.6 Å². The standard InChI is InChI=1S/C18H17F2N7/c19-12-4-18(5-12,16-13(20)2-1-3-23-16)10-26-17-24-6-11(7-25-17)14-8-22-9-15(21)27-14/h1-3,6-9,12H,4-5,10H2,(H2,21,27)(H,24,25,26)/t12-,18-. The third kappa shape index (κ3) is 3.40. The van der Waals surface area contributed by atoms with Crippen molar-refractivity contribution in [2.75, 3.05) is 17.6 Å². The molecule has 0 bridgehead atoms. The zero-order valence-corrected chi connectivity index (χ0v) is 14.3. The molecule has 3 aromatic rings. The van der Waals surface area contributed by atoms with Gasteiger partial charge in [-0.15, -0.1) is 0 Å². The Morgan fingerprint density at radius 2 is 1.93 bits per heavy atom. The predicted octanol–water partition coefficient (Wildman–Crippen LogP) is 2.53. The molecule has 3 aromatic heterocycles. The van der Waals surface area contributed by atoms with Crippen LogP contribution >= 0.6 is 0 Å². The van der Waals surface area contributed by atoms with Gasteiger partial charge >= 0.3 is 0 Å². The number of nitrogen functional groups attached to an aromatic ring is 1. The second-order valence-electron chi connectivity index (χ2n) is 6.60. The Morgan fingerprint density at radius 1 is 1.15 bits per heavy atom. The number of pyridine rings is 1. The molecule has 0 spiro atoms. The van der Waals surface area contributed by atoms with Crippen molar-refractivity contribution in [3.63, 3.8) is 0 Å². The van der Waals surface area contributed by atoms with Gasteiger partial charge in [-0.05, 0) is 25.0 Å². The van der Waals surface area contributed by atoms with E-state index in [1.807, 2.05) is 0 Å². The number of nitrogens with zero attached hydrogens (tertiary/aromatic N) is 5. The molecule has 4 rings (SSSR count). The van der Waals surface area contributed by atoms with Crippen molar-refractivity contribution in [2.45, 2.75) is 24.4 Å². The smallest absolute Gasteiger partial charge is 0.222 e. The molecule has 1 aliphatic carbocycles. The predicted molar refractivity (Wildman–Crippen MR) is 96.0 cm³/mol. The second-order valence-corrected chi connectivity index (χ2v) is 6.60. The van der Waals surface area contributed by atoms with Crippen LogP contribution in [0.25, 0.3) is 11.3 Å². The number of hydrogen-bond acceptors (Lipinski definition) is 7. The molecule has 138 valence electrons. The summed E-state index contributed by atoms with van der Waals surface area (Å²) in [6.45, 7) is 0.290. The first-order chi connectivity index (χ1) is 13.1. The lowest BCUT2D eigenvalue weighted by molar-refractivity contribution is 0.0963. The fourth-order valence-corrected chi connectivity index (χ4v) is 3.31. The summed E-state index contributed by atoms with van der Waals surface area (Å²) >= 11 is 0. The molecular formula is C18H17F2N7. The number of halogens is 2. The third-order valence-corrected chi connectivity index (χ3v) is 4.67. The summed E-state index contributed by atoms with van der Waals surface area (Å²) in [4.78, 5) is 20.8. The van der Waals surface area contributed by atoms with E-state index in [2.05, 4.69) is 30.2 Å². The van der Waals surface area contributed by atoms with E-state index in [9.17, 15) is 8.78 Å². The van der Waals surface area contributed by atoms with E-state index < -0.39 is 17.4 Å². The largest absolute Gasteiger partial charge is 0.382 e. The fourth-order valence-electron chi connectivity index (χ4n) is 3.31. The van der Waals surface area contributed by atoms with Crippen molar-refractivity contribution >= 4 is 11.8 Å². The highest BCUT2D eigenvalue weighted by atomic mass is 19.1. The van der Waals surface area contributed by atoms with Crippen molar-refractivity contribution in [2.24, 2.45) is 0 Å². The first-order valence-electron chi connectivity index (χ1n) is 8.45. The molecule has 0 amide bonds. The molecule has 1 aliphatic rings. The zero-order chi connectivity index (χ0) is 18.9. The van der Waals surface area contributed by atoms with E-state index >= 15 is 0 Å². The van der Waals surface area contributed by atoms with Gasteiger partial charge in [0.15, 0.2) is 0 Å². The lowest BCUT2D eigenvalue weighted by atomic mass is 9.65. The van der Waals surface area contributed by atoms with Crippen LogP contribution in [0.15, 0.2) is 43.1 Å². The van der Waals surface area contributed by atoms with Crippen molar-refractivity contribution in [1.29, 1.82) is 0 Å². The molecule has 1 saturated carbocycles. The van der Waals surface area contributed by atoms with Crippen LogP contribution in [0.3, 0.4) is 0 Å². The molecule has 1 fully saturated rings. The number of alkyl halides is 1. The molecule has 7 nitrogen and oxygen atoms in total. The van der Waals surface area contributed by atoms with Gasteiger partial charge in [0, 0.05) is 36.1 Å². The Bertz CT molecular complexity index is 942. The molecule has 3 heterocycles. The highest BCUT2D eigenvalue weighted by Crippen LogP contribution is 2.45.